The molecule has 1 aliphatic rings. The average molecular weight is 222 g/mol. The van der Waals surface area contributed by atoms with Crippen molar-refractivity contribution in [2.24, 2.45) is 5.92 Å². The van der Waals surface area contributed by atoms with Crippen LogP contribution in [0.15, 0.2) is 24.3 Å². The van der Waals surface area contributed by atoms with E-state index < -0.39 is 0 Å². The maximum Gasteiger partial charge on any atom is 0.146 e. The fraction of sp³-hybridized carbons (Fsp3) is 0.538. The molecule has 88 valence electrons. The molecule has 0 amide bonds. The van der Waals surface area contributed by atoms with Crippen LogP contribution in [-0.4, -0.2) is 26.2 Å². The number of benzene rings is 1. The molecular formula is C13H19FN2. The quantitative estimate of drug-likeness (QED) is 0.844. The van der Waals surface area contributed by atoms with Crippen LogP contribution < -0.4 is 10.2 Å². The molecule has 16 heavy (non-hydrogen) atoms. The van der Waals surface area contributed by atoms with Crippen molar-refractivity contribution < 1.29 is 4.39 Å². The van der Waals surface area contributed by atoms with E-state index in [-0.39, 0.29) is 5.82 Å². The zero-order chi connectivity index (χ0) is 11.5. The van der Waals surface area contributed by atoms with Gasteiger partial charge in [0.25, 0.3) is 0 Å². The number of anilines is 1. The summed E-state index contributed by atoms with van der Waals surface area (Å²) in [6.07, 6.45) is 1.14. The van der Waals surface area contributed by atoms with E-state index in [2.05, 4.69) is 17.1 Å². The van der Waals surface area contributed by atoms with E-state index in [1.54, 1.807) is 6.07 Å². The summed E-state index contributed by atoms with van der Waals surface area (Å²) >= 11 is 0. The molecule has 0 saturated carbocycles. The van der Waals surface area contributed by atoms with Gasteiger partial charge in [0.15, 0.2) is 0 Å². The van der Waals surface area contributed by atoms with Gasteiger partial charge in [-0.05, 0) is 18.1 Å². The molecule has 2 rings (SSSR count). The molecule has 0 aromatic heterocycles. The minimum absolute atomic E-state index is 0.133. The molecule has 1 aliphatic heterocycles. The van der Waals surface area contributed by atoms with Crippen LogP contribution >= 0.6 is 0 Å². The third-order valence-electron chi connectivity index (χ3n) is 3.56. The van der Waals surface area contributed by atoms with Gasteiger partial charge in [-0.2, -0.15) is 0 Å². The van der Waals surface area contributed by atoms with Gasteiger partial charge in [-0.3, -0.25) is 0 Å². The second kappa shape index (κ2) is 4.83. The van der Waals surface area contributed by atoms with Crippen LogP contribution in [0, 0.1) is 11.7 Å². The number of nitrogens with zero attached hydrogens (tertiary/aromatic N) is 1. The maximum absolute atomic E-state index is 13.7. The van der Waals surface area contributed by atoms with Crippen LogP contribution in [0.25, 0.3) is 0 Å². The van der Waals surface area contributed by atoms with Crippen molar-refractivity contribution in [3.8, 4) is 0 Å². The Hall–Kier alpha value is -1.09. The minimum atomic E-state index is -0.133. The highest BCUT2D eigenvalue weighted by Gasteiger charge is 2.29. The van der Waals surface area contributed by atoms with Crippen molar-refractivity contribution in [3.63, 3.8) is 0 Å². The third kappa shape index (κ3) is 2.05. The number of hydrogen-bond acceptors (Lipinski definition) is 2. The first-order valence-corrected chi connectivity index (χ1v) is 5.92. The lowest BCUT2D eigenvalue weighted by molar-refractivity contribution is 0.476. The molecular weight excluding hydrogens is 203 g/mol. The van der Waals surface area contributed by atoms with Crippen LogP contribution in [-0.2, 0) is 0 Å². The largest absolute Gasteiger partial charge is 0.368 e. The molecule has 1 heterocycles. The van der Waals surface area contributed by atoms with Gasteiger partial charge >= 0.3 is 0 Å². The predicted octanol–water partition coefficient (Wildman–Crippen LogP) is 2.26. The van der Waals surface area contributed by atoms with Gasteiger partial charge in [0, 0.05) is 26.2 Å². The van der Waals surface area contributed by atoms with Gasteiger partial charge < -0.3 is 10.2 Å². The second-order valence-corrected chi connectivity index (χ2v) is 4.46. The summed E-state index contributed by atoms with van der Waals surface area (Å²) in [5.41, 5.74) is 0.703. The van der Waals surface area contributed by atoms with Gasteiger partial charge in [-0.15, -0.1) is 0 Å². The molecule has 2 unspecified atom stereocenters. The van der Waals surface area contributed by atoms with Crippen molar-refractivity contribution in [1.82, 2.24) is 5.32 Å². The molecule has 1 aromatic carbocycles. The molecule has 2 nitrogen and oxygen atoms in total. The Morgan fingerprint density at radius 3 is 2.81 bits per heavy atom. The van der Waals surface area contributed by atoms with Crippen LogP contribution in [0.5, 0.6) is 0 Å². The van der Waals surface area contributed by atoms with Gasteiger partial charge in [0.05, 0.1) is 5.69 Å². The maximum atomic E-state index is 13.7. The Labute approximate surface area is 96.5 Å². The lowest BCUT2D eigenvalue weighted by atomic mass is 9.99. The van der Waals surface area contributed by atoms with E-state index in [1.165, 1.54) is 6.07 Å². The lowest BCUT2D eigenvalue weighted by Gasteiger charge is -2.30. The normalized spacial score (nSPS) is 24.7. The Balaban J connectivity index is 2.18. The predicted molar refractivity (Wildman–Crippen MR) is 65.2 cm³/mol. The Morgan fingerprint density at radius 2 is 2.12 bits per heavy atom. The van der Waals surface area contributed by atoms with Crippen LogP contribution in [0.3, 0.4) is 0 Å². The Morgan fingerprint density at radius 1 is 1.38 bits per heavy atom. The van der Waals surface area contributed by atoms with Gasteiger partial charge in [0.1, 0.15) is 5.82 Å². The van der Waals surface area contributed by atoms with E-state index in [4.69, 9.17) is 0 Å². The average Bonchev–Trinajstić information content (AvgIpc) is 2.77. The van der Waals surface area contributed by atoms with Crippen LogP contribution in [0.2, 0.25) is 0 Å². The summed E-state index contributed by atoms with van der Waals surface area (Å²) < 4.78 is 13.7. The number of hydrogen-bond donors (Lipinski definition) is 1. The summed E-state index contributed by atoms with van der Waals surface area (Å²) in [5, 5.41) is 3.38. The summed E-state index contributed by atoms with van der Waals surface area (Å²) in [6.45, 7) is 4.18. The van der Waals surface area contributed by atoms with E-state index in [9.17, 15) is 4.39 Å². The summed E-state index contributed by atoms with van der Waals surface area (Å²) in [4.78, 5) is 2.07. The Bertz CT molecular complexity index is 354. The standard InChI is InChI=1S/C13H19FN2/c1-3-10-8-15-9-13(10)16(2)12-7-5-4-6-11(12)14/h4-7,10,13,15H,3,8-9H2,1-2H3. The number of halogens is 1. The van der Waals surface area contributed by atoms with Crippen molar-refractivity contribution in [2.45, 2.75) is 19.4 Å². The fourth-order valence-corrected chi connectivity index (χ4v) is 2.51. The highest BCUT2D eigenvalue weighted by atomic mass is 19.1. The van der Waals surface area contributed by atoms with Crippen LogP contribution in [0.1, 0.15) is 13.3 Å². The summed E-state index contributed by atoms with van der Waals surface area (Å²) in [7, 11) is 1.98. The first-order valence-electron chi connectivity index (χ1n) is 5.92. The zero-order valence-corrected chi connectivity index (χ0v) is 9.91. The van der Waals surface area contributed by atoms with Crippen molar-refractivity contribution in [2.75, 3.05) is 25.0 Å². The summed E-state index contributed by atoms with van der Waals surface area (Å²) in [6, 6.07) is 7.40. The number of nitrogens with one attached hydrogen (secondary N) is 1. The lowest BCUT2D eigenvalue weighted by Crippen LogP contribution is -2.38. The number of likely N-dealkylation sites (N-methyl/N-ethyl adjacent to an activating group) is 1. The summed E-state index contributed by atoms with van der Waals surface area (Å²) in [5.74, 6) is 0.483. The minimum Gasteiger partial charge on any atom is -0.368 e. The second-order valence-electron chi connectivity index (χ2n) is 4.46. The van der Waals surface area contributed by atoms with Crippen LogP contribution in [0.4, 0.5) is 10.1 Å². The molecule has 0 aliphatic carbocycles. The van der Waals surface area contributed by atoms with E-state index in [0.717, 1.165) is 19.5 Å². The molecule has 1 N–H and O–H groups in total. The highest BCUT2D eigenvalue weighted by molar-refractivity contribution is 5.48. The highest BCUT2D eigenvalue weighted by Crippen LogP contribution is 2.25. The zero-order valence-electron chi connectivity index (χ0n) is 9.91. The first kappa shape index (κ1) is 11.4. The molecule has 2 atom stereocenters. The topological polar surface area (TPSA) is 15.3 Å². The monoisotopic (exact) mass is 222 g/mol. The SMILES string of the molecule is CCC1CNCC1N(C)c1ccccc1F. The van der Waals surface area contributed by atoms with Crippen molar-refractivity contribution >= 4 is 5.69 Å². The third-order valence-corrected chi connectivity index (χ3v) is 3.56. The fourth-order valence-electron chi connectivity index (χ4n) is 2.51. The van der Waals surface area contributed by atoms with E-state index >= 15 is 0 Å². The van der Waals surface area contributed by atoms with E-state index in [1.807, 2.05) is 19.2 Å². The molecule has 3 heteroatoms. The van der Waals surface area contributed by atoms with Gasteiger partial charge in [-0.25, -0.2) is 4.39 Å². The molecule has 1 aromatic rings. The smallest absolute Gasteiger partial charge is 0.146 e. The molecule has 0 bridgehead atoms. The van der Waals surface area contributed by atoms with E-state index in [0.29, 0.717) is 17.6 Å². The van der Waals surface area contributed by atoms with Gasteiger partial charge in [0.2, 0.25) is 0 Å². The van der Waals surface area contributed by atoms with Crippen molar-refractivity contribution in [1.29, 1.82) is 0 Å². The van der Waals surface area contributed by atoms with Gasteiger partial charge in [-0.1, -0.05) is 25.5 Å². The molecule has 1 saturated heterocycles. The first-order chi connectivity index (χ1) is 7.74. The van der Waals surface area contributed by atoms with Crippen molar-refractivity contribution in [3.05, 3.63) is 30.1 Å². The molecule has 0 spiro atoms. The Kier molecular flexibility index (Phi) is 3.44. The molecule has 1 fully saturated rings. The molecule has 0 radical (unpaired) electrons. The number of para-hydroxylation sites is 1. The number of rotatable bonds is 3.